The summed E-state index contributed by atoms with van der Waals surface area (Å²) in [5.74, 6) is -2.22. The molecule has 0 aliphatic heterocycles. The highest BCUT2D eigenvalue weighted by molar-refractivity contribution is 6.08. The summed E-state index contributed by atoms with van der Waals surface area (Å²) in [6.07, 6.45) is 1.36. The number of aromatic hydroxyl groups is 3. The van der Waals surface area contributed by atoms with E-state index in [1.54, 1.807) is 0 Å². The number of aliphatic hydroxyl groups is 1. The van der Waals surface area contributed by atoms with Gasteiger partial charge in [0.2, 0.25) is 0 Å². The molecule has 28 heavy (non-hydrogen) atoms. The number of hydrogen-bond acceptors (Lipinski definition) is 9. The molecule has 0 unspecified atom stereocenters. The van der Waals surface area contributed by atoms with Crippen molar-refractivity contribution >= 4 is 34.3 Å². The summed E-state index contributed by atoms with van der Waals surface area (Å²) in [4.78, 5) is 24.0. The van der Waals surface area contributed by atoms with Gasteiger partial charge in [-0.15, -0.1) is 0 Å². The van der Waals surface area contributed by atoms with E-state index in [0.717, 1.165) is 6.07 Å². The molecular formula is C18H18N4O6. The molecule has 1 heterocycles. The number of rotatable bonds is 7. The molecule has 0 atom stereocenters. The number of nitrogens with zero attached hydrogens (tertiary/aromatic N) is 3. The summed E-state index contributed by atoms with van der Waals surface area (Å²) in [5, 5.41) is 51.4. The van der Waals surface area contributed by atoms with Gasteiger partial charge < -0.3 is 30.8 Å². The van der Waals surface area contributed by atoms with Gasteiger partial charge in [-0.25, -0.2) is 14.8 Å². The molecule has 10 heteroatoms. The number of carboxylic acids is 1. The van der Waals surface area contributed by atoms with Crippen LogP contribution in [0.2, 0.25) is 0 Å². The third-order valence-electron chi connectivity index (χ3n) is 4.01. The Kier molecular flexibility index (Phi) is 5.52. The molecule has 10 nitrogen and oxygen atoms in total. The van der Waals surface area contributed by atoms with Crippen molar-refractivity contribution in [3.05, 3.63) is 29.3 Å². The highest BCUT2D eigenvalue weighted by Crippen LogP contribution is 2.35. The van der Waals surface area contributed by atoms with Crippen molar-refractivity contribution in [2.75, 3.05) is 26.2 Å². The fourth-order valence-electron chi connectivity index (χ4n) is 2.69. The zero-order chi connectivity index (χ0) is 20.3. The maximum absolute atomic E-state index is 11.4. The summed E-state index contributed by atoms with van der Waals surface area (Å²) in [6, 6.07) is 3.45. The number of aromatic carboxylic acids is 1. The summed E-state index contributed by atoms with van der Waals surface area (Å²) < 4.78 is 0. The number of aliphatic imine (C=N–C) groups is 1. The van der Waals surface area contributed by atoms with E-state index in [1.165, 1.54) is 18.3 Å². The topological polar surface area (TPSA) is 168 Å². The van der Waals surface area contributed by atoms with E-state index in [-0.39, 0.29) is 57.0 Å². The number of phenols is 3. The van der Waals surface area contributed by atoms with E-state index < -0.39 is 5.97 Å². The number of nitrogens with one attached hydrogen (secondary N) is 1. The van der Waals surface area contributed by atoms with Crippen LogP contribution in [0.15, 0.2) is 23.2 Å². The molecular weight excluding hydrogens is 368 g/mol. The van der Waals surface area contributed by atoms with Gasteiger partial charge in [-0.3, -0.25) is 4.99 Å². The molecule has 146 valence electrons. The molecule has 0 saturated heterocycles. The number of fused-ring (bicyclic) bond motifs is 2. The van der Waals surface area contributed by atoms with E-state index >= 15 is 0 Å². The van der Waals surface area contributed by atoms with Crippen molar-refractivity contribution in [3.63, 3.8) is 0 Å². The molecule has 3 aromatic rings. The zero-order valence-corrected chi connectivity index (χ0v) is 14.6. The van der Waals surface area contributed by atoms with E-state index in [0.29, 0.717) is 19.6 Å². The summed E-state index contributed by atoms with van der Waals surface area (Å²) in [7, 11) is 0. The zero-order valence-electron chi connectivity index (χ0n) is 14.6. The van der Waals surface area contributed by atoms with Crippen LogP contribution in [0.3, 0.4) is 0 Å². The van der Waals surface area contributed by atoms with Crippen molar-refractivity contribution in [2.45, 2.75) is 0 Å². The average molecular weight is 386 g/mol. The Balaban J connectivity index is 2.15. The average Bonchev–Trinajstić information content (AvgIpc) is 2.66. The van der Waals surface area contributed by atoms with Crippen molar-refractivity contribution in [3.8, 4) is 17.2 Å². The summed E-state index contributed by atoms with van der Waals surface area (Å²) in [5.41, 5.74) is -0.133. The number of aromatic nitrogens is 2. The van der Waals surface area contributed by atoms with Crippen LogP contribution in [0.25, 0.3) is 22.1 Å². The Morgan fingerprint density at radius 1 is 1.00 bits per heavy atom. The molecule has 6 N–H and O–H groups in total. The van der Waals surface area contributed by atoms with Gasteiger partial charge in [0.15, 0.2) is 0 Å². The molecule has 3 rings (SSSR count). The maximum atomic E-state index is 11.4. The first-order valence-corrected chi connectivity index (χ1v) is 8.37. The summed E-state index contributed by atoms with van der Waals surface area (Å²) >= 11 is 0. The van der Waals surface area contributed by atoms with Crippen molar-refractivity contribution in [1.82, 2.24) is 15.3 Å². The minimum atomic E-state index is -1.26. The molecule has 0 aliphatic carbocycles. The van der Waals surface area contributed by atoms with E-state index in [1.807, 2.05) is 0 Å². The fraction of sp³-hybridized carbons (Fsp3) is 0.222. The van der Waals surface area contributed by atoms with Crippen LogP contribution in [0.5, 0.6) is 17.2 Å². The third-order valence-corrected chi connectivity index (χ3v) is 4.01. The quantitative estimate of drug-likeness (QED) is 0.193. The van der Waals surface area contributed by atoms with Crippen LogP contribution < -0.4 is 5.32 Å². The van der Waals surface area contributed by atoms with Crippen LogP contribution in [0.4, 0.5) is 0 Å². The minimum absolute atomic E-state index is 0.0115. The molecule has 0 fully saturated rings. The predicted molar refractivity (Wildman–Crippen MR) is 101 cm³/mol. The monoisotopic (exact) mass is 386 g/mol. The molecule has 2 aromatic carbocycles. The smallest absolute Gasteiger partial charge is 0.337 e. The molecule has 1 aromatic heterocycles. The van der Waals surface area contributed by atoms with Gasteiger partial charge in [-0.1, -0.05) is 0 Å². The maximum Gasteiger partial charge on any atom is 0.337 e. The van der Waals surface area contributed by atoms with Crippen molar-refractivity contribution in [2.24, 2.45) is 4.99 Å². The largest absolute Gasteiger partial charge is 0.507 e. The molecule has 0 aliphatic rings. The number of hydrogen-bond donors (Lipinski definition) is 6. The van der Waals surface area contributed by atoms with E-state index in [2.05, 4.69) is 20.3 Å². The Morgan fingerprint density at radius 2 is 1.71 bits per heavy atom. The number of aliphatic hydroxyl groups excluding tert-OH is 1. The molecule has 0 amide bonds. The second-order valence-electron chi connectivity index (χ2n) is 5.89. The second-order valence-corrected chi connectivity index (χ2v) is 5.89. The lowest BCUT2D eigenvalue weighted by molar-refractivity contribution is 0.0699. The lowest BCUT2D eigenvalue weighted by Gasteiger charge is -2.10. The van der Waals surface area contributed by atoms with Crippen LogP contribution in [-0.2, 0) is 0 Å². The normalized spacial score (nSPS) is 11.6. The number of carboxylic acid groups (broad SMARTS) is 1. The second kappa shape index (κ2) is 8.03. The predicted octanol–water partition coefficient (Wildman–Crippen LogP) is 0.599. The van der Waals surface area contributed by atoms with Gasteiger partial charge in [0.25, 0.3) is 0 Å². The van der Waals surface area contributed by atoms with Gasteiger partial charge in [-0.2, -0.15) is 0 Å². The Bertz CT molecular complexity index is 1080. The first-order valence-electron chi connectivity index (χ1n) is 8.37. The Morgan fingerprint density at radius 3 is 2.43 bits per heavy atom. The van der Waals surface area contributed by atoms with Crippen LogP contribution in [0, 0.1) is 0 Å². The van der Waals surface area contributed by atoms with Gasteiger partial charge in [-0.05, 0) is 12.1 Å². The molecule has 0 spiro atoms. The SMILES string of the molecule is O=C(O)c1ccc(O)c2nc3c(/C=N/CCNCCO)c(O)cc(O)c3nc12. The first kappa shape index (κ1) is 19.3. The third kappa shape index (κ3) is 3.63. The van der Waals surface area contributed by atoms with Crippen LogP contribution >= 0.6 is 0 Å². The van der Waals surface area contributed by atoms with Crippen LogP contribution in [0.1, 0.15) is 15.9 Å². The lowest BCUT2D eigenvalue weighted by atomic mass is 10.1. The van der Waals surface area contributed by atoms with Crippen LogP contribution in [-0.4, -0.2) is 73.9 Å². The molecule has 0 radical (unpaired) electrons. The van der Waals surface area contributed by atoms with Gasteiger partial charge in [0.05, 0.1) is 24.3 Å². The Hall–Kier alpha value is -3.50. The van der Waals surface area contributed by atoms with Gasteiger partial charge in [0, 0.05) is 25.4 Å². The molecule has 0 saturated carbocycles. The summed E-state index contributed by atoms with van der Waals surface area (Å²) in [6.45, 7) is 1.31. The van der Waals surface area contributed by atoms with Crippen molar-refractivity contribution in [1.29, 1.82) is 0 Å². The fourth-order valence-corrected chi connectivity index (χ4v) is 2.69. The van der Waals surface area contributed by atoms with E-state index in [9.17, 15) is 25.2 Å². The highest BCUT2D eigenvalue weighted by Gasteiger charge is 2.19. The first-order chi connectivity index (χ1) is 13.4. The van der Waals surface area contributed by atoms with Crippen molar-refractivity contribution < 1.29 is 30.3 Å². The Labute approximate surface area is 158 Å². The van der Waals surface area contributed by atoms with E-state index in [4.69, 9.17) is 5.11 Å². The number of carbonyl (C=O) groups is 1. The minimum Gasteiger partial charge on any atom is -0.507 e. The number of phenolic OH excluding ortho intramolecular Hbond substituents is 3. The van der Waals surface area contributed by atoms with Gasteiger partial charge >= 0.3 is 5.97 Å². The lowest BCUT2D eigenvalue weighted by Crippen LogP contribution is -2.21. The number of benzene rings is 2. The molecule has 0 bridgehead atoms. The standard InChI is InChI=1S/C18H18N4O6/c23-6-5-19-3-4-20-8-10-12(25)7-13(26)17-15(10)22-16-11(24)2-1-9(18(27)28)14(16)21-17/h1-2,7-8,19,23-26H,3-6H2,(H,27,28)/b20-8+. The highest BCUT2D eigenvalue weighted by atomic mass is 16.4. The van der Waals surface area contributed by atoms with Gasteiger partial charge in [0.1, 0.15) is 39.3 Å².